The number of nitriles is 1. The summed E-state index contributed by atoms with van der Waals surface area (Å²) in [6.45, 7) is 0. The Morgan fingerprint density at radius 3 is 1.68 bits per heavy atom. The van der Waals surface area contributed by atoms with E-state index >= 15 is 0 Å². The van der Waals surface area contributed by atoms with Crippen LogP contribution in [-0.4, -0.2) is 9.97 Å². The summed E-state index contributed by atoms with van der Waals surface area (Å²) < 4.78 is 8.54. The highest BCUT2D eigenvalue weighted by Gasteiger charge is 2.17. The first kappa shape index (κ1) is 32.3. The van der Waals surface area contributed by atoms with Gasteiger partial charge in [-0.05, 0) is 132 Å². The molecule has 0 amide bonds. The fourth-order valence-electron chi connectivity index (χ4n) is 7.59. The number of fused-ring (bicyclic) bond motifs is 6. The molecule has 0 saturated heterocycles. The zero-order valence-corrected chi connectivity index (χ0v) is 31.3. The summed E-state index contributed by atoms with van der Waals surface area (Å²) >= 11 is 3.40. The number of para-hydroxylation sites is 3. The number of hydrogen-bond acceptors (Lipinski definition) is 7. The molecular formula is C49H28N4OS2. The minimum atomic E-state index is 0.612. The summed E-state index contributed by atoms with van der Waals surface area (Å²) in [6, 6.07) is 61.1. The van der Waals surface area contributed by atoms with Gasteiger partial charge < -0.3 is 9.32 Å². The fourth-order valence-corrected chi connectivity index (χ4v) is 9.54. The quantitative estimate of drug-likeness (QED) is 0.169. The third-order valence-corrected chi connectivity index (χ3v) is 12.5. The lowest BCUT2D eigenvalue weighted by molar-refractivity contribution is 0.669. The van der Waals surface area contributed by atoms with Gasteiger partial charge in [0.1, 0.15) is 21.2 Å². The van der Waals surface area contributed by atoms with Gasteiger partial charge in [-0.1, -0.05) is 54.6 Å². The maximum Gasteiger partial charge on any atom is 0.136 e. The molecular weight excluding hydrogens is 725 g/mol. The van der Waals surface area contributed by atoms with E-state index in [-0.39, 0.29) is 0 Å². The number of benzene rings is 8. The Balaban J connectivity index is 1.00. The van der Waals surface area contributed by atoms with E-state index in [0.717, 1.165) is 93.1 Å². The van der Waals surface area contributed by atoms with Crippen molar-refractivity contribution in [2.45, 2.75) is 0 Å². The second-order valence-electron chi connectivity index (χ2n) is 13.8. The lowest BCUT2D eigenvalue weighted by Gasteiger charge is -2.26. The van der Waals surface area contributed by atoms with Crippen LogP contribution in [0.15, 0.2) is 174 Å². The lowest BCUT2D eigenvalue weighted by Crippen LogP contribution is -2.10. The topological polar surface area (TPSA) is 66.0 Å². The number of rotatable bonds is 6. The van der Waals surface area contributed by atoms with E-state index in [9.17, 15) is 5.26 Å². The van der Waals surface area contributed by atoms with E-state index in [1.807, 2.05) is 36.4 Å². The minimum Gasteiger partial charge on any atom is -0.456 e. The number of hydrogen-bond donors (Lipinski definition) is 0. The molecule has 0 radical (unpaired) electrons. The van der Waals surface area contributed by atoms with Gasteiger partial charge in [0.25, 0.3) is 0 Å². The zero-order chi connectivity index (χ0) is 37.2. The van der Waals surface area contributed by atoms with Crippen molar-refractivity contribution in [2.24, 2.45) is 0 Å². The molecule has 0 N–H and O–H groups in total. The van der Waals surface area contributed by atoms with E-state index in [0.29, 0.717) is 5.56 Å². The molecule has 0 aliphatic carbocycles. The standard InChI is InChI=1S/C49H28N4OS2/c50-29-35-26-34(32-18-24-40-39-7-1-4-10-44(39)54-45(40)27-32)25-33-17-23-38(28-41(33)35)53(36-19-13-30(14-20-36)48-51-42-8-2-5-11-46(42)55-48)37-21-15-31(16-22-37)49-52-43-9-3-6-12-47(43)56-49/h1-28H. The van der Waals surface area contributed by atoms with Gasteiger partial charge >= 0.3 is 0 Å². The van der Waals surface area contributed by atoms with Crippen LogP contribution in [0.1, 0.15) is 5.56 Å². The van der Waals surface area contributed by atoms with Crippen LogP contribution >= 0.6 is 22.7 Å². The summed E-state index contributed by atoms with van der Waals surface area (Å²) in [4.78, 5) is 12.0. The maximum atomic E-state index is 10.5. The number of furan rings is 1. The molecule has 0 spiro atoms. The average molecular weight is 753 g/mol. The SMILES string of the molecule is N#Cc1cc(-c2ccc3c(c2)oc2ccccc23)cc2ccc(N(c3ccc(-c4nc5ccccc5s4)cc3)c3ccc(-c4nc5ccccc5s4)cc3)cc12. The zero-order valence-electron chi connectivity index (χ0n) is 29.7. The summed E-state index contributed by atoms with van der Waals surface area (Å²) in [6.07, 6.45) is 0. The van der Waals surface area contributed by atoms with Crippen molar-refractivity contribution in [3.8, 4) is 38.3 Å². The number of nitrogens with zero attached hydrogens (tertiary/aromatic N) is 4. The van der Waals surface area contributed by atoms with E-state index in [4.69, 9.17) is 14.4 Å². The van der Waals surface area contributed by atoms with E-state index < -0.39 is 0 Å². The monoisotopic (exact) mass is 752 g/mol. The predicted octanol–water partition coefficient (Wildman–Crippen LogP) is 14.3. The van der Waals surface area contributed by atoms with Crippen molar-refractivity contribution in [1.29, 1.82) is 5.26 Å². The van der Waals surface area contributed by atoms with Gasteiger partial charge in [-0.15, -0.1) is 22.7 Å². The lowest BCUT2D eigenvalue weighted by atomic mass is 9.96. The van der Waals surface area contributed by atoms with Crippen molar-refractivity contribution in [3.05, 3.63) is 175 Å². The van der Waals surface area contributed by atoms with E-state index in [1.54, 1.807) is 22.7 Å². The molecule has 11 aromatic rings. The Hall–Kier alpha value is -7.11. The molecule has 5 nitrogen and oxygen atoms in total. The predicted molar refractivity (Wildman–Crippen MR) is 233 cm³/mol. The average Bonchev–Trinajstić information content (AvgIpc) is 3.99. The highest BCUT2D eigenvalue weighted by Crippen LogP contribution is 2.41. The molecule has 0 atom stereocenters. The maximum absolute atomic E-state index is 10.5. The molecule has 0 aliphatic heterocycles. The summed E-state index contributed by atoms with van der Waals surface area (Å²) in [5.74, 6) is 0. The van der Waals surface area contributed by atoms with Crippen LogP contribution in [0.5, 0.6) is 0 Å². The number of aromatic nitrogens is 2. The third kappa shape index (κ3) is 5.51. The minimum absolute atomic E-state index is 0.612. The molecule has 0 bridgehead atoms. The molecule has 7 heteroatoms. The molecule has 3 aromatic heterocycles. The van der Waals surface area contributed by atoms with Crippen LogP contribution in [0.25, 0.3) is 85.4 Å². The summed E-state index contributed by atoms with van der Waals surface area (Å²) in [5.41, 5.74) is 11.4. The molecule has 3 heterocycles. The van der Waals surface area contributed by atoms with Gasteiger partial charge in [-0.3, -0.25) is 0 Å². The first-order valence-corrected chi connectivity index (χ1v) is 19.9. The fraction of sp³-hybridized carbons (Fsp3) is 0. The van der Waals surface area contributed by atoms with Gasteiger partial charge in [-0.25, -0.2) is 9.97 Å². The van der Waals surface area contributed by atoms with Crippen molar-refractivity contribution >= 4 is 92.9 Å². The van der Waals surface area contributed by atoms with Crippen LogP contribution in [-0.2, 0) is 0 Å². The first-order chi connectivity index (χ1) is 27.6. The van der Waals surface area contributed by atoms with Gasteiger partial charge in [0.15, 0.2) is 0 Å². The van der Waals surface area contributed by atoms with Crippen LogP contribution < -0.4 is 4.90 Å². The third-order valence-electron chi connectivity index (χ3n) is 10.4. The van der Waals surface area contributed by atoms with E-state index in [1.165, 1.54) is 9.40 Å². The summed E-state index contributed by atoms with van der Waals surface area (Å²) in [5, 5.41) is 16.6. The molecule has 0 saturated carbocycles. The normalized spacial score (nSPS) is 11.6. The van der Waals surface area contributed by atoms with Crippen molar-refractivity contribution < 1.29 is 4.42 Å². The van der Waals surface area contributed by atoms with Crippen LogP contribution in [0.4, 0.5) is 17.1 Å². The van der Waals surface area contributed by atoms with Crippen molar-refractivity contribution in [3.63, 3.8) is 0 Å². The van der Waals surface area contributed by atoms with E-state index in [2.05, 4.69) is 144 Å². The highest BCUT2D eigenvalue weighted by molar-refractivity contribution is 7.22. The Morgan fingerprint density at radius 1 is 0.464 bits per heavy atom. The smallest absolute Gasteiger partial charge is 0.136 e. The Kier molecular flexibility index (Phi) is 7.52. The Morgan fingerprint density at radius 2 is 1.04 bits per heavy atom. The molecule has 0 unspecified atom stereocenters. The molecule has 11 rings (SSSR count). The van der Waals surface area contributed by atoms with Gasteiger partial charge in [0.05, 0.1) is 32.1 Å². The van der Waals surface area contributed by atoms with Crippen LogP contribution in [0.3, 0.4) is 0 Å². The molecule has 0 aliphatic rings. The van der Waals surface area contributed by atoms with Crippen molar-refractivity contribution in [1.82, 2.24) is 9.97 Å². The second kappa shape index (κ2) is 13.0. The number of thiazole rings is 2. The van der Waals surface area contributed by atoms with Gasteiger partial charge in [-0.2, -0.15) is 5.26 Å². The molecule has 56 heavy (non-hydrogen) atoms. The van der Waals surface area contributed by atoms with Gasteiger partial charge in [0, 0.05) is 44.3 Å². The van der Waals surface area contributed by atoms with Crippen LogP contribution in [0.2, 0.25) is 0 Å². The first-order valence-electron chi connectivity index (χ1n) is 18.3. The van der Waals surface area contributed by atoms with Crippen LogP contribution in [0, 0.1) is 11.3 Å². The molecule has 8 aromatic carbocycles. The highest BCUT2D eigenvalue weighted by atomic mass is 32.1. The Labute approximate surface area is 329 Å². The molecule has 262 valence electrons. The number of anilines is 3. The summed E-state index contributed by atoms with van der Waals surface area (Å²) in [7, 11) is 0. The van der Waals surface area contributed by atoms with Gasteiger partial charge in [0.2, 0.25) is 0 Å². The second-order valence-corrected chi connectivity index (χ2v) is 15.8. The van der Waals surface area contributed by atoms with Crippen molar-refractivity contribution in [2.75, 3.05) is 4.90 Å². The largest absolute Gasteiger partial charge is 0.456 e. The Bertz CT molecular complexity index is 3150. The molecule has 0 fully saturated rings.